The number of rotatable bonds is 36. The minimum Gasteiger partial charge on any atom is -0.370 e. The third-order valence-corrected chi connectivity index (χ3v) is 15.8. The first-order valence-corrected chi connectivity index (χ1v) is 29.9. The Labute approximate surface area is 458 Å². The molecule has 0 unspecified atom stereocenters. The molecule has 0 saturated heterocycles. The van der Waals surface area contributed by atoms with Crippen LogP contribution in [0, 0.1) is 13.8 Å². The molecule has 0 radical (unpaired) electrons. The zero-order valence-corrected chi connectivity index (χ0v) is 48.4. The van der Waals surface area contributed by atoms with E-state index in [1.54, 1.807) is 0 Å². The zero-order valence-electron chi connectivity index (χ0n) is 45.3. The lowest BCUT2D eigenvalue weighted by Crippen LogP contribution is -2.26. The Morgan fingerprint density at radius 1 is 0.278 bits per heavy atom. The summed E-state index contributed by atoms with van der Waals surface area (Å²) < 4.78 is 0. The number of hydrogen-bond donors (Lipinski definition) is 0. The fourth-order valence-electron chi connectivity index (χ4n) is 9.91. The molecule has 5 aromatic carbocycles. The van der Waals surface area contributed by atoms with E-state index in [1.807, 2.05) is 26.0 Å². The van der Waals surface area contributed by atoms with Crippen LogP contribution in [0.25, 0.3) is 0 Å². The van der Waals surface area contributed by atoms with E-state index in [1.165, 1.54) is 154 Å². The molecule has 5 aromatic rings. The van der Waals surface area contributed by atoms with Gasteiger partial charge in [-0.2, -0.15) is 0 Å². The van der Waals surface area contributed by atoms with Crippen LogP contribution in [-0.2, 0) is 0 Å². The van der Waals surface area contributed by atoms with E-state index in [4.69, 9.17) is 46.4 Å². The van der Waals surface area contributed by atoms with E-state index in [0.29, 0.717) is 10.0 Å². The minimum absolute atomic E-state index is 0.717. The van der Waals surface area contributed by atoms with Crippen molar-refractivity contribution in [1.29, 1.82) is 0 Å². The van der Waals surface area contributed by atoms with Crippen LogP contribution in [0.3, 0.4) is 0 Å². The summed E-state index contributed by atoms with van der Waals surface area (Å²) in [5.74, 6) is 0. The van der Waals surface area contributed by atoms with Crippen LogP contribution in [0.5, 0.6) is 0 Å². The molecular formula is C64H90Cl4N4. The SMILES string of the molecule is CCCCCCCCN(CCCCCCCC)c1ccc(N(c2ccc(N(c3ccc(C)c(Cl)c3)c3ccc(C)c(Cl)c3)cc2)c2ccc(N(CCCCCCCC)CCCCCCCC)c(Cl)c2)cc1Cl. The maximum absolute atomic E-state index is 7.50. The average molecular weight is 1060 g/mol. The second-order valence-corrected chi connectivity index (χ2v) is 22.0. The molecule has 0 N–H and O–H groups in total. The molecule has 8 heteroatoms. The van der Waals surface area contributed by atoms with Crippen molar-refractivity contribution in [1.82, 2.24) is 0 Å². The molecule has 0 bridgehead atoms. The molecule has 0 aliphatic rings. The van der Waals surface area contributed by atoms with Crippen molar-refractivity contribution in [2.75, 3.05) is 45.8 Å². The van der Waals surface area contributed by atoms with Gasteiger partial charge in [0.15, 0.2) is 0 Å². The van der Waals surface area contributed by atoms with E-state index in [0.717, 1.165) is 92.9 Å². The monoisotopic (exact) mass is 1050 g/mol. The Morgan fingerprint density at radius 2 is 0.514 bits per heavy atom. The summed E-state index contributed by atoms with van der Waals surface area (Å²) in [5, 5.41) is 2.98. The Hall–Kier alpha value is -3.54. The normalized spacial score (nSPS) is 11.4. The van der Waals surface area contributed by atoms with Crippen LogP contribution >= 0.6 is 46.4 Å². The van der Waals surface area contributed by atoms with E-state index in [2.05, 4.69) is 132 Å². The molecule has 0 fully saturated rings. The summed E-state index contributed by atoms with van der Waals surface area (Å²) in [6.45, 7) is 17.3. The van der Waals surface area contributed by atoms with Gasteiger partial charge in [0.05, 0.1) is 21.4 Å². The molecule has 72 heavy (non-hydrogen) atoms. The van der Waals surface area contributed by atoms with Gasteiger partial charge in [0, 0.05) is 70.3 Å². The highest BCUT2D eigenvalue weighted by Gasteiger charge is 2.21. The number of halogens is 4. The Kier molecular flexibility index (Phi) is 27.5. The highest BCUT2D eigenvalue weighted by atomic mass is 35.5. The molecule has 0 spiro atoms. The van der Waals surface area contributed by atoms with E-state index in [-0.39, 0.29) is 0 Å². The van der Waals surface area contributed by atoms with Gasteiger partial charge in [0.1, 0.15) is 0 Å². The lowest BCUT2D eigenvalue weighted by atomic mass is 10.1. The average Bonchev–Trinajstić information content (AvgIpc) is 3.37. The van der Waals surface area contributed by atoms with Gasteiger partial charge in [-0.25, -0.2) is 0 Å². The van der Waals surface area contributed by atoms with Gasteiger partial charge in [0.2, 0.25) is 0 Å². The number of nitrogens with zero attached hydrogens (tertiary/aromatic N) is 4. The molecule has 0 amide bonds. The third-order valence-electron chi connectivity index (χ3n) is 14.4. The van der Waals surface area contributed by atoms with Crippen LogP contribution in [0.15, 0.2) is 97.1 Å². The first-order chi connectivity index (χ1) is 35.1. The first kappa shape index (κ1) is 59.3. The summed E-state index contributed by atoms with van der Waals surface area (Å²) >= 11 is 28.6. The predicted octanol–water partition coefficient (Wildman–Crippen LogP) is 22.9. The van der Waals surface area contributed by atoms with Gasteiger partial charge in [-0.1, -0.05) is 215 Å². The van der Waals surface area contributed by atoms with Crippen molar-refractivity contribution in [2.45, 2.75) is 196 Å². The number of hydrogen-bond acceptors (Lipinski definition) is 4. The number of anilines is 8. The van der Waals surface area contributed by atoms with Gasteiger partial charge in [0.25, 0.3) is 0 Å². The van der Waals surface area contributed by atoms with Crippen molar-refractivity contribution in [3.8, 4) is 0 Å². The van der Waals surface area contributed by atoms with Crippen molar-refractivity contribution < 1.29 is 0 Å². The lowest BCUT2D eigenvalue weighted by molar-refractivity contribution is 0.575. The topological polar surface area (TPSA) is 13.0 Å². The third kappa shape index (κ3) is 19.0. The lowest BCUT2D eigenvalue weighted by Gasteiger charge is -2.31. The maximum Gasteiger partial charge on any atom is 0.0660 e. The molecule has 5 rings (SSSR count). The second-order valence-electron chi connectivity index (χ2n) is 20.4. The van der Waals surface area contributed by atoms with Crippen LogP contribution in [0.4, 0.5) is 45.5 Å². The highest BCUT2D eigenvalue weighted by molar-refractivity contribution is 6.34. The van der Waals surface area contributed by atoms with Gasteiger partial charge < -0.3 is 19.6 Å². The van der Waals surface area contributed by atoms with Crippen molar-refractivity contribution >= 4 is 91.9 Å². The van der Waals surface area contributed by atoms with E-state index in [9.17, 15) is 0 Å². The molecular weight excluding hydrogens is 967 g/mol. The first-order valence-electron chi connectivity index (χ1n) is 28.4. The summed E-state index contributed by atoms with van der Waals surface area (Å²) in [5.41, 5.74) is 10.2. The molecule has 0 atom stereocenters. The highest BCUT2D eigenvalue weighted by Crippen LogP contribution is 2.44. The zero-order chi connectivity index (χ0) is 51.5. The van der Waals surface area contributed by atoms with Gasteiger partial charge >= 0.3 is 0 Å². The van der Waals surface area contributed by atoms with Crippen molar-refractivity contribution in [3.05, 3.63) is 128 Å². The van der Waals surface area contributed by atoms with Crippen LogP contribution in [0.1, 0.15) is 193 Å². The Morgan fingerprint density at radius 3 is 0.778 bits per heavy atom. The summed E-state index contributed by atoms with van der Waals surface area (Å²) in [4.78, 5) is 9.64. The summed E-state index contributed by atoms with van der Waals surface area (Å²) in [7, 11) is 0. The fraction of sp³-hybridized carbons (Fsp3) is 0.531. The minimum atomic E-state index is 0.717. The largest absolute Gasteiger partial charge is 0.370 e. The predicted molar refractivity (Wildman–Crippen MR) is 323 cm³/mol. The molecule has 4 nitrogen and oxygen atoms in total. The summed E-state index contributed by atoms with van der Waals surface area (Å²) in [6.07, 6.45) is 30.5. The standard InChI is InChI=1S/C64H90Cl4N4/c1-7-11-15-19-23-27-43-69(44-28-24-20-16-12-8-2)63-41-39-57(49-61(63)67)72(58-40-42-64(62(68)50-58)70(45-29-25-21-17-13-9-3)46-30-26-22-18-14-10-4)54-37-35-53(36-38-54)71(55-33-31-51(5)59(65)47-55)56-34-32-52(6)60(66)48-56/h31-42,47-50H,7-30,43-46H2,1-6H3. The quantitative estimate of drug-likeness (QED) is 0.0371. The van der Waals surface area contributed by atoms with Crippen molar-refractivity contribution in [2.24, 2.45) is 0 Å². The molecule has 0 aliphatic heterocycles. The number of benzene rings is 5. The van der Waals surface area contributed by atoms with Gasteiger partial charge in [-0.3, -0.25) is 0 Å². The van der Waals surface area contributed by atoms with Crippen LogP contribution in [-0.4, -0.2) is 26.2 Å². The maximum atomic E-state index is 7.50. The number of unbranched alkanes of at least 4 members (excludes halogenated alkanes) is 20. The molecule has 0 saturated carbocycles. The smallest absolute Gasteiger partial charge is 0.0660 e. The molecule has 394 valence electrons. The van der Waals surface area contributed by atoms with Crippen LogP contribution < -0.4 is 19.6 Å². The van der Waals surface area contributed by atoms with Crippen LogP contribution in [0.2, 0.25) is 20.1 Å². The Bertz CT molecular complexity index is 2130. The van der Waals surface area contributed by atoms with Gasteiger partial charge in [-0.05, 0) is 136 Å². The molecule has 0 heterocycles. The Balaban J connectivity index is 1.54. The second kappa shape index (κ2) is 33.4. The summed E-state index contributed by atoms with van der Waals surface area (Å²) in [6, 6.07) is 34.6. The van der Waals surface area contributed by atoms with Crippen molar-refractivity contribution in [3.63, 3.8) is 0 Å². The van der Waals surface area contributed by atoms with Gasteiger partial charge in [-0.15, -0.1) is 0 Å². The van der Waals surface area contributed by atoms with E-state index >= 15 is 0 Å². The molecule has 0 aromatic heterocycles. The van der Waals surface area contributed by atoms with E-state index < -0.39 is 0 Å². The number of aryl methyl sites for hydroxylation is 2. The fourth-order valence-corrected chi connectivity index (χ4v) is 10.8. The molecule has 0 aliphatic carbocycles.